The van der Waals surface area contributed by atoms with Crippen molar-refractivity contribution in [1.82, 2.24) is 19.9 Å². The molecule has 0 bridgehead atoms. The number of rotatable bonds is 4. The van der Waals surface area contributed by atoms with Gasteiger partial charge in [0.05, 0.1) is 22.5 Å². The van der Waals surface area contributed by atoms with E-state index in [1.165, 1.54) is 12.1 Å². The molecule has 0 saturated carbocycles. The molecule has 0 aliphatic rings. The summed E-state index contributed by atoms with van der Waals surface area (Å²) in [5, 5.41) is 12.3. The van der Waals surface area contributed by atoms with Gasteiger partial charge < -0.3 is 10.4 Å². The molecule has 13 heteroatoms. The molecule has 34 heavy (non-hydrogen) atoms. The quantitative estimate of drug-likeness (QED) is 0.369. The highest BCUT2D eigenvalue weighted by atomic mass is 19.4. The lowest BCUT2D eigenvalue weighted by molar-refractivity contribution is -0.138. The van der Waals surface area contributed by atoms with Gasteiger partial charge in [0.1, 0.15) is 11.5 Å². The zero-order valence-corrected chi connectivity index (χ0v) is 16.6. The molecule has 0 spiro atoms. The summed E-state index contributed by atoms with van der Waals surface area (Å²) in [6.45, 7) is 0. The molecule has 0 aromatic carbocycles. The number of carboxylic acid groups (broad SMARTS) is 1. The maximum atomic E-state index is 13.4. The van der Waals surface area contributed by atoms with E-state index >= 15 is 0 Å². The summed E-state index contributed by atoms with van der Waals surface area (Å²) < 4.78 is 78.4. The highest BCUT2D eigenvalue weighted by molar-refractivity contribution is 5.97. The molecule has 0 saturated heterocycles. The molecule has 0 fully saturated rings. The fraction of sp³-hybridized carbons (Fsp3) is 0.0952. The van der Waals surface area contributed by atoms with E-state index in [1.807, 2.05) is 0 Å². The number of hydrogen-bond donors (Lipinski definition) is 2. The van der Waals surface area contributed by atoms with E-state index in [0.29, 0.717) is 6.20 Å². The Kier molecular flexibility index (Phi) is 5.55. The molecule has 0 atom stereocenters. The van der Waals surface area contributed by atoms with Gasteiger partial charge in [0.25, 0.3) is 0 Å². The van der Waals surface area contributed by atoms with Crippen molar-refractivity contribution in [1.29, 1.82) is 0 Å². The third-order valence-corrected chi connectivity index (χ3v) is 4.60. The van der Waals surface area contributed by atoms with Crippen molar-refractivity contribution in [2.45, 2.75) is 12.4 Å². The van der Waals surface area contributed by atoms with Crippen molar-refractivity contribution in [2.75, 3.05) is 5.32 Å². The lowest BCUT2D eigenvalue weighted by Crippen LogP contribution is -2.09. The number of anilines is 2. The highest BCUT2D eigenvalue weighted by Gasteiger charge is 2.35. The highest BCUT2D eigenvalue weighted by Crippen LogP contribution is 2.36. The van der Waals surface area contributed by atoms with Gasteiger partial charge in [-0.3, -0.25) is 4.98 Å². The first-order chi connectivity index (χ1) is 15.9. The lowest BCUT2D eigenvalue weighted by atomic mass is 10.1. The Morgan fingerprint density at radius 3 is 2.29 bits per heavy atom. The van der Waals surface area contributed by atoms with E-state index in [-0.39, 0.29) is 28.2 Å². The van der Waals surface area contributed by atoms with Crippen LogP contribution in [0.3, 0.4) is 0 Å². The monoisotopic (exact) mass is 479 g/mol. The number of nitrogens with zero attached hydrogens (tertiary/aromatic N) is 4. The van der Waals surface area contributed by atoms with Crippen LogP contribution in [-0.4, -0.2) is 31.0 Å². The molecule has 4 aromatic rings. The molecule has 0 aliphatic heterocycles. The fourth-order valence-electron chi connectivity index (χ4n) is 3.06. The van der Waals surface area contributed by atoms with E-state index < -0.39 is 40.8 Å². The molecule has 0 amide bonds. The number of hydrogen-bond acceptors (Lipinski definition) is 6. The number of nitrogens with one attached hydrogen (secondary N) is 1. The van der Waals surface area contributed by atoms with Crippen LogP contribution in [0.4, 0.5) is 37.8 Å². The topological polar surface area (TPSA) is 101 Å². The normalized spacial score (nSPS) is 12.1. The Morgan fingerprint density at radius 2 is 1.68 bits per heavy atom. The lowest BCUT2D eigenvalue weighted by Gasteiger charge is -2.13. The summed E-state index contributed by atoms with van der Waals surface area (Å²) in [5.41, 5.74) is -3.33. The number of halogens is 6. The first-order valence-electron chi connectivity index (χ1n) is 9.31. The average Bonchev–Trinajstić information content (AvgIpc) is 2.77. The van der Waals surface area contributed by atoms with E-state index in [1.54, 1.807) is 0 Å². The van der Waals surface area contributed by atoms with Crippen molar-refractivity contribution in [3.8, 4) is 11.4 Å². The molecular weight excluding hydrogens is 468 g/mol. The van der Waals surface area contributed by atoms with Crippen molar-refractivity contribution in [2.24, 2.45) is 0 Å². The summed E-state index contributed by atoms with van der Waals surface area (Å²) in [6.07, 6.45) is -7.55. The van der Waals surface area contributed by atoms with Crippen molar-refractivity contribution >= 4 is 28.5 Å². The Hall–Kier alpha value is -4.29. The van der Waals surface area contributed by atoms with Crippen LogP contribution in [0.25, 0.3) is 22.4 Å². The average molecular weight is 479 g/mol. The number of carbonyl (C=O) groups is 1. The van der Waals surface area contributed by atoms with Gasteiger partial charge in [-0.05, 0) is 42.5 Å². The summed E-state index contributed by atoms with van der Waals surface area (Å²) in [6, 6.07) is 7.47. The molecular formula is C21H11F6N5O2. The second-order valence-corrected chi connectivity index (χ2v) is 6.88. The van der Waals surface area contributed by atoms with Crippen LogP contribution in [0, 0.1) is 0 Å². The number of pyridine rings is 4. The molecule has 4 aromatic heterocycles. The minimum atomic E-state index is -4.71. The standard InChI is InChI=1S/C21H11F6N5O2/c22-20(23,24)10-3-6-16(29-9-10)30-14-8-15(19(33)34)32-18-11(14)4-5-13(31-18)17-12(21(25,26)27)2-1-7-28-17/h1-9H,(H,33,34)(H,29,30,31,32). The smallest absolute Gasteiger partial charge is 0.418 e. The predicted molar refractivity (Wildman–Crippen MR) is 107 cm³/mol. The van der Waals surface area contributed by atoms with Gasteiger partial charge in [-0.15, -0.1) is 0 Å². The molecule has 0 aliphatic carbocycles. The summed E-state index contributed by atoms with van der Waals surface area (Å²) in [7, 11) is 0. The van der Waals surface area contributed by atoms with E-state index in [2.05, 4.69) is 25.3 Å². The zero-order chi connectivity index (χ0) is 24.7. The van der Waals surface area contributed by atoms with Gasteiger partial charge in [0.2, 0.25) is 0 Å². The largest absolute Gasteiger partial charge is 0.477 e. The second kappa shape index (κ2) is 8.24. The van der Waals surface area contributed by atoms with E-state index in [0.717, 1.165) is 36.5 Å². The minimum absolute atomic E-state index is 0.0370. The van der Waals surface area contributed by atoms with Gasteiger partial charge >= 0.3 is 18.3 Å². The summed E-state index contributed by atoms with van der Waals surface area (Å²) in [5.74, 6) is -1.49. The Bertz CT molecular complexity index is 1390. The van der Waals surface area contributed by atoms with Gasteiger partial charge in [0.15, 0.2) is 11.3 Å². The van der Waals surface area contributed by atoms with Crippen LogP contribution in [0.1, 0.15) is 21.6 Å². The summed E-state index contributed by atoms with van der Waals surface area (Å²) >= 11 is 0. The minimum Gasteiger partial charge on any atom is -0.477 e. The SMILES string of the molecule is O=C(O)c1cc(Nc2ccc(C(F)(F)F)cn2)c2ccc(-c3ncccc3C(F)(F)F)nc2n1. The van der Waals surface area contributed by atoms with E-state index in [9.17, 15) is 36.2 Å². The van der Waals surface area contributed by atoms with Gasteiger partial charge in [-0.25, -0.2) is 19.7 Å². The first kappa shape index (κ1) is 22.9. The second-order valence-electron chi connectivity index (χ2n) is 6.88. The summed E-state index contributed by atoms with van der Waals surface area (Å²) in [4.78, 5) is 26.9. The Labute approximate surface area is 186 Å². The molecule has 174 valence electrons. The number of carboxylic acids is 1. The van der Waals surface area contributed by atoms with Gasteiger partial charge in [-0.2, -0.15) is 26.3 Å². The molecule has 4 rings (SSSR count). The zero-order valence-electron chi connectivity index (χ0n) is 16.6. The Morgan fingerprint density at radius 1 is 0.912 bits per heavy atom. The maximum Gasteiger partial charge on any atom is 0.418 e. The van der Waals surface area contributed by atoms with Crippen LogP contribution < -0.4 is 5.32 Å². The number of alkyl halides is 6. The van der Waals surface area contributed by atoms with Gasteiger partial charge in [-0.1, -0.05) is 0 Å². The third-order valence-electron chi connectivity index (χ3n) is 4.60. The van der Waals surface area contributed by atoms with Crippen molar-refractivity contribution in [3.05, 3.63) is 71.7 Å². The van der Waals surface area contributed by atoms with Gasteiger partial charge in [0, 0.05) is 17.8 Å². The maximum absolute atomic E-state index is 13.4. The molecule has 4 heterocycles. The fourth-order valence-corrected chi connectivity index (χ4v) is 3.06. The first-order valence-corrected chi connectivity index (χ1v) is 9.31. The van der Waals surface area contributed by atoms with Crippen LogP contribution in [-0.2, 0) is 12.4 Å². The predicted octanol–water partition coefficient (Wildman–Crippen LogP) is 5.57. The molecule has 2 N–H and O–H groups in total. The molecule has 7 nitrogen and oxygen atoms in total. The van der Waals surface area contributed by atoms with Crippen LogP contribution in [0.5, 0.6) is 0 Å². The van der Waals surface area contributed by atoms with E-state index in [4.69, 9.17) is 0 Å². The van der Waals surface area contributed by atoms with Crippen LogP contribution >= 0.6 is 0 Å². The molecule has 0 radical (unpaired) electrons. The Balaban J connectivity index is 1.81. The third kappa shape index (κ3) is 4.58. The number of fused-ring (bicyclic) bond motifs is 1. The van der Waals surface area contributed by atoms with Crippen LogP contribution in [0.15, 0.2) is 54.9 Å². The van der Waals surface area contributed by atoms with Crippen LogP contribution in [0.2, 0.25) is 0 Å². The number of aromatic nitrogens is 4. The molecule has 0 unspecified atom stereocenters. The van der Waals surface area contributed by atoms with Crippen molar-refractivity contribution in [3.63, 3.8) is 0 Å². The van der Waals surface area contributed by atoms with Crippen molar-refractivity contribution < 1.29 is 36.2 Å². The number of aromatic carboxylic acids is 1.